The molecule has 2 nitrogen and oxygen atoms in total. The molecule has 1 saturated heterocycles. The van der Waals surface area contributed by atoms with E-state index < -0.39 is 0 Å². The first-order valence-corrected chi connectivity index (χ1v) is 11.9. The lowest BCUT2D eigenvalue weighted by atomic mass is 10.0. The average Bonchev–Trinajstić information content (AvgIpc) is 2.89. The molecule has 0 aromatic heterocycles. The van der Waals surface area contributed by atoms with E-state index in [9.17, 15) is 4.79 Å². The highest BCUT2D eigenvalue weighted by Crippen LogP contribution is 2.38. The maximum atomic E-state index is 12.7. The lowest BCUT2D eigenvalue weighted by Gasteiger charge is -2.30. The zero-order valence-electron chi connectivity index (χ0n) is 15.6. The van der Waals surface area contributed by atoms with Crippen molar-refractivity contribution in [3.63, 3.8) is 0 Å². The third-order valence-electron chi connectivity index (χ3n) is 4.76. The van der Waals surface area contributed by atoms with Crippen LogP contribution in [0.2, 0.25) is 0 Å². The lowest BCUT2D eigenvalue weighted by molar-refractivity contribution is -0.116. The summed E-state index contributed by atoms with van der Waals surface area (Å²) in [7, 11) is 0. The molecule has 1 aromatic rings. The first kappa shape index (κ1) is 21.0. The van der Waals surface area contributed by atoms with Crippen molar-refractivity contribution in [3.05, 3.63) is 29.3 Å². The molecule has 5 heteroatoms. The molecule has 1 aliphatic heterocycles. The average molecular weight is 400 g/mol. The number of amides is 1. The number of aryl methyl sites for hydroxylation is 2. The van der Waals surface area contributed by atoms with Crippen LogP contribution >= 0.6 is 35.1 Å². The van der Waals surface area contributed by atoms with Gasteiger partial charge in [0.15, 0.2) is 0 Å². The molecule has 25 heavy (non-hydrogen) atoms. The van der Waals surface area contributed by atoms with Crippen LogP contribution in [-0.2, 0) is 17.6 Å². The molecule has 2 unspecified atom stereocenters. The van der Waals surface area contributed by atoms with Crippen molar-refractivity contribution >= 4 is 46.7 Å². The van der Waals surface area contributed by atoms with Gasteiger partial charge in [-0.1, -0.05) is 39.0 Å². The van der Waals surface area contributed by atoms with Crippen molar-refractivity contribution in [1.82, 2.24) is 0 Å². The minimum absolute atomic E-state index is 0.0239. The number of hydrogen-bond acceptors (Lipinski definition) is 3. The van der Waals surface area contributed by atoms with E-state index >= 15 is 0 Å². The van der Waals surface area contributed by atoms with Gasteiger partial charge in [-0.15, -0.1) is 35.1 Å². The molecule has 0 saturated carbocycles. The van der Waals surface area contributed by atoms with Crippen molar-refractivity contribution in [2.24, 2.45) is 0 Å². The molecule has 2 rings (SSSR count). The number of benzene rings is 1. The Labute approximate surface area is 166 Å². The third-order valence-corrected chi connectivity index (χ3v) is 8.18. The fourth-order valence-electron chi connectivity index (χ4n) is 3.34. The first-order chi connectivity index (χ1) is 12.1. The summed E-state index contributed by atoms with van der Waals surface area (Å²) in [6.45, 7) is 7.34. The van der Waals surface area contributed by atoms with Gasteiger partial charge in [0, 0.05) is 11.8 Å². The Bertz CT molecular complexity index is 544. The normalized spacial score (nSPS) is 21.0. The maximum Gasteiger partial charge on any atom is 0.241 e. The van der Waals surface area contributed by atoms with E-state index in [0.717, 1.165) is 25.1 Å². The summed E-state index contributed by atoms with van der Waals surface area (Å²) in [5.41, 5.74) is 3.60. The zero-order chi connectivity index (χ0) is 18.2. The number of hydrogen-bond donors (Lipinski definition) is 0. The van der Waals surface area contributed by atoms with Crippen LogP contribution in [0.25, 0.3) is 0 Å². The number of para-hydroxylation sites is 1. The molecule has 0 aliphatic carbocycles. The Morgan fingerprint density at radius 2 is 1.92 bits per heavy atom. The highest BCUT2D eigenvalue weighted by molar-refractivity contribution is 8.17. The highest BCUT2D eigenvalue weighted by atomic mass is 35.5. The predicted molar refractivity (Wildman–Crippen MR) is 115 cm³/mol. The van der Waals surface area contributed by atoms with Gasteiger partial charge in [0.25, 0.3) is 0 Å². The van der Waals surface area contributed by atoms with Gasteiger partial charge in [-0.3, -0.25) is 4.79 Å². The van der Waals surface area contributed by atoms with Crippen LogP contribution < -0.4 is 4.90 Å². The van der Waals surface area contributed by atoms with Gasteiger partial charge in [0.05, 0.1) is 10.3 Å². The molecular formula is C20H30ClNOS2. The van der Waals surface area contributed by atoms with E-state index in [1.165, 1.54) is 36.1 Å². The molecule has 140 valence electrons. The smallest absolute Gasteiger partial charge is 0.241 e. The van der Waals surface area contributed by atoms with Gasteiger partial charge in [-0.25, -0.2) is 0 Å². The van der Waals surface area contributed by atoms with E-state index in [1.807, 2.05) is 16.7 Å². The SMILES string of the molecule is CCc1cccc(CC)c1N(CC1SCCCC(CC)S1)C(=O)CCl. The Hall–Kier alpha value is -0.320. The molecular weight excluding hydrogens is 370 g/mol. The predicted octanol–water partition coefficient (Wildman–Crippen LogP) is 5.75. The molecule has 1 aromatic carbocycles. The molecule has 0 radical (unpaired) electrons. The number of rotatable bonds is 7. The number of nitrogens with zero attached hydrogens (tertiary/aromatic N) is 1. The highest BCUT2D eigenvalue weighted by Gasteiger charge is 2.27. The van der Waals surface area contributed by atoms with Crippen molar-refractivity contribution in [1.29, 1.82) is 0 Å². The Balaban J connectivity index is 2.32. The minimum atomic E-state index is 0.0239. The van der Waals surface area contributed by atoms with E-state index in [0.29, 0.717) is 9.83 Å². The lowest BCUT2D eigenvalue weighted by Crippen LogP contribution is -2.38. The molecule has 1 amide bonds. The summed E-state index contributed by atoms with van der Waals surface area (Å²) in [5.74, 6) is 1.25. The van der Waals surface area contributed by atoms with Gasteiger partial charge in [0.1, 0.15) is 5.88 Å². The number of carbonyl (C=O) groups excluding carboxylic acids is 1. The molecule has 0 bridgehead atoms. The number of anilines is 1. The maximum absolute atomic E-state index is 12.7. The van der Waals surface area contributed by atoms with Crippen LogP contribution in [0.4, 0.5) is 5.69 Å². The second-order valence-electron chi connectivity index (χ2n) is 6.38. The van der Waals surface area contributed by atoms with Gasteiger partial charge in [0.2, 0.25) is 5.91 Å². The Kier molecular flexibility index (Phi) is 9.01. The van der Waals surface area contributed by atoms with Crippen LogP contribution in [0.5, 0.6) is 0 Å². The molecule has 1 heterocycles. The fourth-order valence-corrected chi connectivity index (χ4v) is 6.57. The van der Waals surface area contributed by atoms with Crippen LogP contribution in [-0.4, -0.2) is 33.9 Å². The number of alkyl halides is 1. The summed E-state index contributed by atoms with van der Waals surface area (Å²) in [5, 5.41) is 0.708. The topological polar surface area (TPSA) is 20.3 Å². The van der Waals surface area contributed by atoms with E-state index in [1.54, 1.807) is 0 Å². The molecule has 0 N–H and O–H groups in total. The molecule has 1 fully saturated rings. The van der Waals surface area contributed by atoms with Gasteiger partial charge < -0.3 is 4.90 Å². The number of carbonyl (C=O) groups is 1. The van der Waals surface area contributed by atoms with Crippen LogP contribution in [0.3, 0.4) is 0 Å². The Morgan fingerprint density at radius 3 is 2.48 bits per heavy atom. The van der Waals surface area contributed by atoms with E-state index in [2.05, 4.69) is 50.7 Å². The van der Waals surface area contributed by atoms with E-state index in [-0.39, 0.29) is 11.8 Å². The van der Waals surface area contributed by atoms with E-state index in [4.69, 9.17) is 11.6 Å². The Morgan fingerprint density at radius 1 is 1.24 bits per heavy atom. The van der Waals surface area contributed by atoms with Gasteiger partial charge >= 0.3 is 0 Å². The number of halogens is 1. The quantitative estimate of drug-likeness (QED) is 0.544. The standard InChI is InChI=1S/C20H30ClNOS2/c1-4-15-9-7-10-16(5-2)20(15)22(18(23)13-21)14-19-24-12-8-11-17(6-3)25-19/h7,9-10,17,19H,4-6,8,11-14H2,1-3H3. The summed E-state index contributed by atoms with van der Waals surface area (Å²) in [6, 6.07) is 6.39. The molecule has 1 aliphatic rings. The largest absolute Gasteiger partial charge is 0.309 e. The summed E-state index contributed by atoms with van der Waals surface area (Å²) in [6.07, 6.45) is 5.63. The molecule has 2 atom stereocenters. The fraction of sp³-hybridized carbons (Fsp3) is 0.650. The minimum Gasteiger partial charge on any atom is -0.309 e. The van der Waals surface area contributed by atoms with Gasteiger partial charge in [-0.05, 0) is 49.0 Å². The zero-order valence-corrected chi connectivity index (χ0v) is 18.0. The van der Waals surface area contributed by atoms with Crippen molar-refractivity contribution in [2.45, 2.75) is 62.7 Å². The van der Waals surface area contributed by atoms with Crippen molar-refractivity contribution in [3.8, 4) is 0 Å². The second kappa shape index (κ2) is 10.7. The number of thioether (sulfide) groups is 2. The summed E-state index contributed by atoms with van der Waals surface area (Å²) < 4.78 is 0.425. The van der Waals surface area contributed by atoms with Crippen LogP contribution in [0.15, 0.2) is 18.2 Å². The monoisotopic (exact) mass is 399 g/mol. The van der Waals surface area contributed by atoms with Crippen LogP contribution in [0.1, 0.15) is 51.2 Å². The molecule has 0 spiro atoms. The third kappa shape index (κ3) is 5.58. The summed E-state index contributed by atoms with van der Waals surface area (Å²) in [4.78, 5) is 14.7. The van der Waals surface area contributed by atoms with Crippen LogP contribution in [0, 0.1) is 0 Å². The van der Waals surface area contributed by atoms with Gasteiger partial charge in [-0.2, -0.15) is 0 Å². The second-order valence-corrected chi connectivity index (χ2v) is 9.76. The summed E-state index contributed by atoms with van der Waals surface area (Å²) >= 11 is 10.1. The van der Waals surface area contributed by atoms with Crippen molar-refractivity contribution in [2.75, 3.05) is 23.1 Å². The van der Waals surface area contributed by atoms with Crippen molar-refractivity contribution < 1.29 is 4.79 Å². The first-order valence-electron chi connectivity index (χ1n) is 9.38.